The fourth-order valence-electron chi connectivity index (χ4n) is 1.93. The van der Waals surface area contributed by atoms with Crippen molar-refractivity contribution in [2.75, 3.05) is 14.2 Å². The molecule has 20 heavy (non-hydrogen) atoms. The largest absolute Gasteiger partial charge is 0.573 e. The standard InChI is InChI=1S/C14H20F3NO2/c1-13(2,19-4)9-11(18-3)10-7-5-6-8-12(10)20-14(15,16)17/h5-8,11,18H,9H2,1-4H3. The van der Waals surface area contributed by atoms with Gasteiger partial charge < -0.3 is 14.8 Å². The van der Waals surface area contributed by atoms with Gasteiger partial charge in [0.25, 0.3) is 0 Å². The van der Waals surface area contributed by atoms with E-state index in [1.807, 2.05) is 13.8 Å². The molecule has 114 valence electrons. The highest BCUT2D eigenvalue weighted by molar-refractivity contribution is 5.36. The average Bonchev–Trinajstić information content (AvgIpc) is 2.35. The molecule has 1 unspecified atom stereocenters. The molecule has 0 aliphatic rings. The first-order valence-corrected chi connectivity index (χ1v) is 6.25. The highest BCUT2D eigenvalue weighted by Crippen LogP contribution is 2.34. The van der Waals surface area contributed by atoms with Gasteiger partial charge in [0, 0.05) is 18.7 Å². The lowest BCUT2D eigenvalue weighted by Crippen LogP contribution is -2.31. The van der Waals surface area contributed by atoms with Crippen LogP contribution in [-0.2, 0) is 4.74 Å². The monoisotopic (exact) mass is 291 g/mol. The van der Waals surface area contributed by atoms with Gasteiger partial charge in [0.05, 0.1) is 5.60 Å². The normalized spacial score (nSPS) is 14.2. The Bertz CT molecular complexity index is 433. The molecule has 0 amide bonds. The average molecular weight is 291 g/mol. The number of alkyl halides is 3. The highest BCUT2D eigenvalue weighted by Gasteiger charge is 2.33. The van der Waals surface area contributed by atoms with Crippen molar-refractivity contribution in [3.8, 4) is 5.75 Å². The minimum Gasteiger partial charge on any atom is -0.405 e. The molecule has 0 aliphatic carbocycles. The van der Waals surface area contributed by atoms with E-state index in [9.17, 15) is 13.2 Å². The highest BCUT2D eigenvalue weighted by atomic mass is 19.4. The van der Waals surface area contributed by atoms with Gasteiger partial charge in [-0.15, -0.1) is 13.2 Å². The zero-order valence-corrected chi connectivity index (χ0v) is 12.0. The minimum absolute atomic E-state index is 0.189. The van der Waals surface area contributed by atoms with Gasteiger partial charge in [-0.1, -0.05) is 18.2 Å². The van der Waals surface area contributed by atoms with Crippen LogP contribution in [0.15, 0.2) is 24.3 Å². The third kappa shape index (κ3) is 5.02. The van der Waals surface area contributed by atoms with Crippen molar-refractivity contribution in [2.24, 2.45) is 0 Å². The van der Waals surface area contributed by atoms with Gasteiger partial charge in [0.2, 0.25) is 0 Å². The molecule has 3 nitrogen and oxygen atoms in total. The van der Waals surface area contributed by atoms with Crippen LogP contribution in [-0.4, -0.2) is 26.1 Å². The lowest BCUT2D eigenvalue weighted by molar-refractivity contribution is -0.275. The molecule has 0 saturated carbocycles. The van der Waals surface area contributed by atoms with Crippen molar-refractivity contribution in [3.63, 3.8) is 0 Å². The van der Waals surface area contributed by atoms with E-state index in [0.717, 1.165) is 0 Å². The summed E-state index contributed by atoms with van der Waals surface area (Å²) in [7, 11) is 3.27. The van der Waals surface area contributed by atoms with Crippen LogP contribution >= 0.6 is 0 Å². The van der Waals surface area contributed by atoms with E-state index in [2.05, 4.69) is 10.1 Å². The summed E-state index contributed by atoms with van der Waals surface area (Å²) in [4.78, 5) is 0. The van der Waals surface area contributed by atoms with Gasteiger partial charge >= 0.3 is 6.36 Å². The van der Waals surface area contributed by atoms with Crippen LogP contribution in [0.5, 0.6) is 5.75 Å². The maximum absolute atomic E-state index is 12.4. The van der Waals surface area contributed by atoms with Crippen molar-refractivity contribution < 1.29 is 22.6 Å². The first-order chi connectivity index (χ1) is 9.18. The number of para-hydroxylation sites is 1. The smallest absolute Gasteiger partial charge is 0.405 e. The van der Waals surface area contributed by atoms with E-state index >= 15 is 0 Å². The summed E-state index contributed by atoms with van der Waals surface area (Å²) >= 11 is 0. The molecule has 1 N–H and O–H groups in total. The fourth-order valence-corrected chi connectivity index (χ4v) is 1.93. The predicted octanol–water partition coefficient (Wildman–Crippen LogP) is 3.66. The molecule has 0 heterocycles. The summed E-state index contributed by atoms with van der Waals surface area (Å²) in [5, 5.41) is 3.01. The summed E-state index contributed by atoms with van der Waals surface area (Å²) in [6.45, 7) is 3.76. The second kappa shape index (κ2) is 6.45. The molecule has 0 bridgehead atoms. The Balaban J connectivity index is 3.03. The number of hydrogen-bond acceptors (Lipinski definition) is 3. The van der Waals surface area contributed by atoms with Crippen LogP contribution in [0, 0.1) is 0 Å². The molecule has 0 spiro atoms. The van der Waals surface area contributed by atoms with Gasteiger partial charge in [0.15, 0.2) is 0 Å². The Morgan fingerprint density at radius 2 is 1.80 bits per heavy atom. The van der Waals surface area contributed by atoms with E-state index < -0.39 is 12.0 Å². The van der Waals surface area contributed by atoms with Crippen LogP contribution in [0.3, 0.4) is 0 Å². The van der Waals surface area contributed by atoms with Crippen molar-refractivity contribution in [1.29, 1.82) is 0 Å². The van der Waals surface area contributed by atoms with Crippen molar-refractivity contribution in [1.82, 2.24) is 5.32 Å². The Hall–Kier alpha value is -1.27. The van der Waals surface area contributed by atoms with Gasteiger partial charge in [-0.05, 0) is 33.4 Å². The number of methoxy groups -OCH3 is 1. The van der Waals surface area contributed by atoms with Gasteiger partial charge in [0.1, 0.15) is 5.75 Å². The van der Waals surface area contributed by atoms with Crippen LogP contribution in [0.2, 0.25) is 0 Å². The Morgan fingerprint density at radius 3 is 2.30 bits per heavy atom. The predicted molar refractivity (Wildman–Crippen MR) is 70.6 cm³/mol. The third-order valence-corrected chi connectivity index (χ3v) is 3.12. The molecule has 0 saturated heterocycles. The molecule has 1 rings (SSSR count). The molecule has 0 fully saturated rings. The van der Waals surface area contributed by atoms with Crippen molar-refractivity contribution >= 4 is 0 Å². The molecule has 1 atom stereocenters. The summed E-state index contributed by atoms with van der Waals surface area (Å²) in [6, 6.07) is 5.83. The van der Waals surface area contributed by atoms with Crippen LogP contribution < -0.4 is 10.1 Å². The van der Waals surface area contributed by atoms with E-state index in [1.54, 1.807) is 26.3 Å². The van der Waals surface area contributed by atoms with E-state index in [-0.39, 0.29) is 11.8 Å². The number of halogens is 3. The number of nitrogens with one attached hydrogen (secondary N) is 1. The number of rotatable bonds is 6. The first kappa shape index (κ1) is 16.8. The van der Waals surface area contributed by atoms with E-state index in [0.29, 0.717) is 12.0 Å². The fraction of sp³-hybridized carbons (Fsp3) is 0.571. The van der Waals surface area contributed by atoms with Crippen LogP contribution in [0.1, 0.15) is 31.9 Å². The molecule has 1 aromatic rings. The maximum Gasteiger partial charge on any atom is 0.573 e. The topological polar surface area (TPSA) is 30.5 Å². The Kier molecular flexibility index (Phi) is 5.42. The molecule has 0 aliphatic heterocycles. The third-order valence-electron chi connectivity index (χ3n) is 3.12. The Morgan fingerprint density at radius 1 is 1.20 bits per heavy atom. The quantitative estimate of drug-likeness (QED) is 0.867. The molecular formula is C14H20F3NO2. The summed E-state index contributed by atoms with van der Waals surface area (Å²) < 4.78 is 46.7. The van der Waals surface area contributed by atoms with Gasteiger partial charge in [-0.2, -0.15) is 0 Å². The maximum atomic E-state index is 12.4. The second-order valence-electron chi connectivity index (χ2n) is 5.09. The van der Waals surface area contributed by atoms with Crippen LogP contribution in [0.4, 0.5) is 13.2 Å². The first-order valence-electron chi connectivity index (χ1n) is 6.25. The SMILES string of the molecule is CNC(CC(C)(C)OC)c1ccccc1OC(F)(F)F. The van der Waals surface area contributed by atoms with E-state index in [4.69, 9.17) is 4.74 Å². The molecule has 0 aromatic heterocycles. The molecular weight excluding hydrogens is 271 g/mol. The van der Waals surface area contributed by atoms with Gasteiger partial charge in [-0.3, -0.25) is 0 Å². The minimum atomic E-state index is -4.70. The lowest BCUT2D eigenvalue weighted by Gasteiger charge is -2.29. The number of benzene rings is 1. The van der Waals surface area contributed by atoms with Crippen LogP contribution in [0.25, 0.3) is 0 Å². The lowest BCUT2D eigenvalue weighted by atomic mass is 9.93. The summed E-state index contributed by atoms with van der Waals surface area (Å²) in [6.07, 6.45) is -4.19. The molecule has 6 heteroatoms. The molecule has 1 aromatic carbocycles. The zero-order chi connectivity index (χ0) is 15.4. The van der Waals surface area contributed by atoms with E-state index in [1.165, 1.54) is 12.1 Å². The number of ether oxygens (including phenoxy) is 2. The van der Waals surface area contributed by atoms with Crippen molar-refractivity contribution in [2.45, 2.75) is 38.3 Å². The molecule has 0 radical (unpaired) electrons. The summed E-state index contributed by atoms with van der Waals surface area (Å²) in [5.41, 5.74) is -0.00333. The Labute approximate surface area is 117 Å². The zero-order valence-electron chi connectivity index (χ0n) is 12.0. The van der Waals surface area contributed by atoms with Crippen molar-refractivity contribution in [3.05, 3.63) is 29.8 Å². The summed E-state index contributed by atoms with van der Waals surface area (Å²) in [5.74, 6) is -0.189. The van der Waals surface area contributed by atoms with Gasteiger partial charge in [-0.25, -0.2) is 0 Å². The number of hydrogen-bond donors (Lipinski definition) is 1. The second-order valence-corrected chi connectivity index (χ2v) is 5.09.